The average molecular weight is 368 g/mol. The number of nitrogens with zero attached hydrogens (tertiary/aromatic N) is 1. The first kappa shape index (κ1) is 17.5. The molecule has 0 atom stereocenters. The van der Waals surface area contributed by atoms with E-state index in [2.05, 4.69) is 15.6 Å². The van der Waals surface area contributed by atoms with Crippen molar-refractivity contribution in [1.29, 1.82) is 0 Å². The van der Waals surface area contributed by atoms with E-state index in [0.29, 0.717) is 12.0 Å². The summed E-state index contributed by atoms with van der Waals surface area (Å²) in [6.07, 6.45) is 5.90. The Hall–Kier alpha value is -0.530. The van der Waals surface area contributed by atoms with E-state index < -0.39 is 0 Å². The van der Waals surface area contributed by atoms with Crippen molar-refractivity contribution < 1.29 is 4.79 Å². The van der Waals surface area contributed by atoms with Crippen molar-refractivity contribution in [2.24, 2.45) is 10.7 Å². The molecule has 1 fully saturated rings. The molecular weight excluding hydrogens is 343 g/mol. The van der Waals surface area contributed by atoms with Gasteiger partial charge in [0.15, 0.2) is 5.96 Å². The van der Waals surface area contributed by atoms with Gasteiger partial charge in [-0.15, -0.1) is 24.0 Å². The van der Waals surface area contributed by atoms with Gasteiger partial charge in [-0.25, -0.2) is 4.99 Å². The van der Waals surface area contributed by atoms with Crippen LogP contribution in [0.25, 0.3) is 0 Å². The summed E-state index contributed by atoms with van der Waals surface area (Å²) in [4.78, 5) is 15.6. The quantitative estimate of drug-likeness (QED) is 0.398. The van der Waals surface area contributed by atoms with Crippen LogP contribution in [0.15, 0.2) is 4.99 Å². The van der Waals surface area contributed by atoms with Crippen LogP contribution in [0.2, 0.25) is 0 Å². The van der Waals surface area contributed by atoms with Crippen molar-refractivity contribution in [3.63, 3.8) is 0 Å². The first-order valence-electron chi connectivity index (χ1n) is 6.43. The molecule has 0 saturated heterocycles. The van der Waals surface area contributed by atoms with Crippen LogP contribution in [0, 0.1) is 0 Å². The maximum Gasteiger partial charge on any atom is 0.242 e. The summed E-state index contributed by atoms with van der Waals surface area (Å²) >= 11 is 0. The molecule has 0 aliphatic heterocycles. The van der Waals surface area contributed by atoms with Crippen molar-refractivity contribution in [2.75, 3.05) is 6.54 Å². The minimum absolute atomic E-state index is 0. The third-order valence-corrected chi connectivity index (χ3v) is 2.80. The summed E-state index contributed by atoms with van der Waals surface area (Å²) < 4.78 is 0. The molecule has 0 bridgehead atoms. The Morgan fingerprint density at radius 1 is 1.33 bits per heavy atom. The van der Waals surface area contributed by atoms with Crippen LogP contribution >= 0.6 is 24.0 Å². The molecule has 18 heavy (non-hydrogen) atoms. The molecule has 1 aliphatic rings. The van der Waals surface area contributed by atoms with Crippen molar-refractivity contribution in [1.82, 2.24) is 10.6 Å². The summed E-state index contributed by atoms with van der Waals surface area (Å²) in [5.74, 6) is 0.296. The standard InChI is InChI=1S/C12H24N4O.HI/c1-9(2)15-12(13)14-8-11(17)16-10-6-4-3-5-7-10;/h9-10H,3-8H2,1-2H3,(H,16,17)(H3,13,14,15);1H. The Bertz CT molecular complexity index is 275. The highest BCUT2D eigenvalue weighted by molar-refractivity contribution is 14.0. The zero-order valence-electron chi connectivity index (χ0n) is 11.2. The summed E-state index contributed by atoms with van der Waals surface area (Å²) in [6, 6.07) is 0.575. The molecule has 1 amide bonds. The summed E-state index contributed by atoms with van der Waals surface area (Å²) in [6.45, 7) is 4.07. The number of halogens is 1. The molecule has 1 saturated carbocycles. The van der Waals surface area contributed by atoms with Gasteiger partial charge >= 0.3 is 0 Å². The van der Waals surface area contributed by atoms with Gasteiger partial charge in [0.2, 0.25) is 5.91 Å². The molecule has 0 heterocycles. The second-order valence-corrected chi connectivity index (χ2v) is 4.90. The Balaban J connectivity index is 0.00000289. The van der Waals surface area contributed by atoms with Crippen molar-refractivity contribution in [3.05, 3.63) is 0 Å². The van der Waals surface area contributed by atoms with Crippen molar-refractivity contribution in [2.45, 2.75) is 58.0 Å². The second-order valence-electron chi connectivity index (χ2n) is 4.90. The van der Waals surface area contributed by atoms with Gasteiger partial charge in [-0.05, 0) is 26.7 Å². The number of nitrogens with two attached hydrogens (primary N) is 1. The number of carbonyl (C=O) groups is 1. The molecule has 0 aromatic heterocycles. The molecule has 1 aliphatic carbocycles. The SMILES string of the molecule is CC(C)NC(N)=NCC(=O)NC1CCCCC1.I. The van der Waals surface area contributed by atoms with Gasteiger partial charge in [0.1, 0.15) is 6.54 Å². The van der Waals surface area contributed by atoms with Crippen LogP contribution in [0.3, 0.4) is 0 Å². The largest absolute Gasteiger partial charge is 0.370 e. The number of rotatable bonds is 4. The summed E-state index contributed by atoms with van der Waals surface area (Å²) in [5.41, 5.74) is 5.61. The van der Waals surface area contributed by atoms with Gasteiger partial charge in [0.05, 0.1) is 0 Å². The Morgan fingerprint density at radius 3 is 2.50 bits per heavy atom. The summed E-state index contributed by atoms with van der Waals surface area (Å²) in [5, 5.41) is 5.95. The van der Waals surface area contributed by atoms with E-state index in [1.807, 2.05) is 13.8 Å². The number of nitrogens with one attached hydrogen (secondary N) is 2. The van der Waals surface area contributed by atoms with E-state index in [9.17, 15) is 4.79 Å². The molecule has 0 spiro atoms. The van der Waals surface area contributed by atoms with E-state index >= 15 is 0 Å². The molecule has 6 heteroatoms. The van der Waals surface area contributed by atoms with Gasteiger partial charge in [0, 0.05) is 12.1 Å². The molecule has 4 N–H and O–H groups in total. The smallest absolute Gasteiger partial charge is 0.242 e. The second kappa shape index (κ2) is 9.41. The van der Waals surface area contributed by atoms with E-state index in [0.717, 1.165) is 12.8 Å². The van der Waals surface area contributed by atoms with Gasteiger partial charge in [-0.3, -0.25) is 4.79 Å². The lowest BCUT2D eigenvalue weighted by Crippen LogP contribution is -2.40. The topological polar surface area (TPSA) is 79.5 Å². The maximum atomic E-state index is 11.6. The molecule has 0 aromatic carbocycles. The third kappa shape index (κ3) is 7.73. The number of aliphatic imine (C=N–C) groups is 1. The molecule has 0 radical (unpaired) electrons. The van der Waals surface area contributed by atoms with E-state index in [-0.39, 0.29) is 42.5 Å². The van der Waals surface area contributed by atoms with Crippen LogP contribution in [0.4, 0.5) is 0 Å². The predicted octanol–water partition coefficient (Wildman–Crippen LogP) is 1.37. The zero-order chi connectivity index (χ0) is 12.7. The van der Waals surface area contributed by atoms with Gasteiger partial charge in [-0.1, -0.05) is 19.3 Å². The van der Waals surface area contributed by atoms with E-state index in [4.69, 9.17) is 5.73 Å². The Labute approximate surface area is 126 Å². The third-order valence-electron chi connectivity index (χ3n) is 2.80. The molecule has 106 valence electrons. The molecule has 5 nitrogen and oxygen atoms in total. The number of guanidine groups is 1. The predicted molar refractivity (Wildman–Crippen MR) is 85.2 cm³/mol. The zero-order valence-corrected chi connectivity index (χ0v) is 13.6. The fraction of sp³-hybridized carbons (Fsp3) is 0.833. The van der Waals surface area contributed by atoms with Crippen molar-refractivity contribution >= 4 is 35.8 Å². The van der Waals surface area contributed by atoms with Crippen LogP contribution in [0.5, 0.6) is 0 Å². The summed E-state index contributed by atoms with van der Waals surface area (Å²) in [7, 11) is 0. The van der Waals surface area contributed by atoms with Crippen LogP contribution in [-0.4, -0.2) is 30.5 Å². The van der Waals surface area contributed by atoms with Crippen LogP contribution in [0.1, 0.15) is 46.0 Å². The fourth-order valence-corrected chi connectivity index (χ4v) is 2.02. The van der Waals surface area contributed by atoms with Crippen LogP contribution < -0.4 is 16.4 Å². The fourth-order valence-electron chi connectivity index (χ4n) is 2.02. The number of amides is 1. The molecular formula is C12H25IN4O. The maximum absolute atomic E-state index is 11.6. The normalized spacial score (nSPS) is 17.2. The van der Waals surface area contributed by atoms with Gasteiger partial charge in [0.25, 0.3) is 0 Å². The molecule has 0 aromatic rings. The highest BCUT2D eigenvalue weighted by Crippen LogP contribution is 2.17. The highest BCUT2D eigenvalue weighted by atomic mass is 127. The Morgan fingerprint density at radius 2 is 1.94 bits per heavy atom. The molecule has 0 unspecified atom stereocenters. The lowest BCUT2D eigenvalue weighted by atomic mass is 9.95. The number of hydrogen-bond acceptors (Lipinski definition) is 2. The van der Waals surface area contributed by atoms with E-state index in [1.54, 1.807) is 0 Å². The average Bonchev–Trinajstić information content (AvgIpc) is 2.27. The first-order chi connectivity index (χ1) is 8.08. The van der Waals surface area contributed by atoms with Crippen LogP contribution in [-0.2, 0) is 4.79 Å². The monoisotopic (exact) mass is 368 g/mol. The van der Waals surface area contributed by atoms with E-state index in [1.165, 1.54) is 19.3 Å². The number of carbonyl (C=O) groups excluding carboxylic acids is 1. The van der Waals surface area contributed by atoms with Gasteiger partial charge < -0.3 is 16.4 Å². The van der Waals surface area contributed by atoms with Crippen molar-refractivity contribution in [3.8, 4) is 0 Å². The minimum atomic E-state index is -0.0367. The lowest BCUT2D eigenvalue weighted by Gasteiger charge is -2.22. The highest BCUT2D eigenvalue weighted by Gasteiger charge is 2.15. The Kier molecular flexibility index (Phi) is 9.13. The minimum Gasteiger partial charge on any atom is -0.370 e. The number of hydrogen-bond donors (Lipinski definition) is 3. The molecule has 1 rings (SSSR count). The first-order valence-corrected chi connectivity index (χ1v) is 6.43. The van der Waals surface area contributed by atoms with Gasteiger partial charge in [-0.2, -0.15) is 0 Å². The lowest BCUT2D eigenvalue weighted by molar-refractivity contribution is -0.120.